The highest BCUT2D eigenvalue weighted by atomic mass is 35.5. The Balaban J connectivity index is 2.25. The lowest BCUT2D eigenvalue weighted by Crippen LogP contribution is -2.30. The Hall–Kier alpha value is -2.70. The van der Waals surface area contributed by atoms with Crippen LogP contribution in [0, 0.1) is 0 Å². The van der Waals surface area contributed by atoms with Gasteiger partial charge in [-0.25, -0.2) is 0 Å². The molecule has 0 radical (unpaired) electrons. The molecule has 8 heteroatoms. The third-order valence-corrected chi connectivity index (χ3v) is 5.47. The maximum atomic E-state index is 12.9. The minimum absolute atomic E-state index is 0.0487. The molecule has 30 heavy (non-hydrogen) atoms. The number of phenols is 1. The molecule has 1 saturated heterocycles. The number of unbranched alkanes of at least 4 members (excludes halogenated alkanes) is 1. The van der Waals surface area contributed by atoms with Crippen LogP contribution in [0.3, 0.4) is 0 Å². The fraction of sp³-hybridized carbons (Fsp3) is 0.273. The lowest BCUT2D eigenvalue weighted by atomic mass is 9.95. The van der Waals surface area contributed by atoms with Crippen molar-refractivity contribution < 1.29 is 24.5 Å². The number of carbonyl (C=O) groups excluding carboxylic acids is 2. The lowest BCUT2D eigenvalue weighted by Gasteiger charge is -2.25. The Labute approximate surface area is 184 Å². The van der Waals surface area contributed by atoms with Crippen molar-refractivity contribution >= 4 is 40.7 Å². The van der Waals surface area contributed by atoms with E-state index >= 15 is 0 Å². The number of rotatable bonds is 6. The maximum absolute atomic E-state index is 12.9. The third-order valence-electron chi connectivity index (χ3n) is 4.97. The summed E-state index contributed by atoms with van der Waals surface area (Å²) >= 11 is 12.3. The Morgan fingerprint density at radius 2 is 1.83 bits per heavy atom. The van der Waals surface area contributed by atoms with Crippen molar-refractivity contribution in [1.29, 1.82) is 0 Å². The van der Waals surface area contributed by atoms with Crippen LogP contribution in [0.15, 0.2) is 42.0 Å². The van der Waals surface area contributed by atoms with E-state index < -0.39 is 23.5 Å². The van der Waals surface area contributed by atoms with Crippen LogP contribution in [0.1, 0.15) is 36.9 Å². The fourth-order valence-electron chi connectivity index (χ4n) is 3.53. The van der Waals surface area contributed by atoms with E-state index in [0.29, 0.717) is 18.5 Å². The number of carbonyl (C=O) groups is 2. The van der Waals surface area contributed by atoms with Gasteiger partial charge >= 0.3 is 0 Å². The zero-order chi connectivity index (χ0) is 22.0. The highest BCUT2D eigenvalue weighted by molar-refractivity contribution is 6.46. The van der Waals surface area contributed by atoms with Crippen LogP contribution in [0.4, 0.5) is 0 Å². The molecule has 1 amide bonds. The Kier molecular flexibility index (Phi) is 6.58. The van der Waals surface area contributed by atoms with Crippen molar-refractivity contribution in [2.45, 2.75) is 25.8 Å². The predicted molar refractivity (Wildman–Crippen MR) is 115 cm³/mol. The summed E-state index contributed by atoms with van der Waals surface area (Å²) in [6.45, 7) is 2.32. The molecule has 1 aliphatic heterocycles. The summed E-state index contributed by atoms with van der Waals surface area (Å²) in [4.78, 5) is 27.2. The molecule has 2 N–H and O–H groups in total. The van der Waals surface area contributed by atoms with Gasteiger partial charge in [-0.3, -0.25) is 9.59 Å². The number of halogens is 2. The minimum Gasteiger partial charge on any atom is -0.508 e. The Morgan fingerprint density at radius 3 is 2.43 bits per heavy atom. The summed E-state index contributed by atoms with van der Waals surface area (Å²) in [5, 5.41) is 21.2. The van der Waals surface area contributed by atoms with Crippen molar-refractivity contribution in [3.63, 3.8) is 0 Å². The zero-order valence-electron chi connectivity index (χ0n) is 16.5. The largest absolute Gasteiger partial charge is 0.508 e. The van der Waals surface area contributed by atoms with E-state index in [1.54, 1.807) is 12.1 Å². The number of Topliss-reactive ketones (excluding diaryl/α,β-unsaturated/α-hetero) is 1. The van der Waals surface area contributed by atoms with Gasteiger partial charge < -0.3 is 19.8 Å². The topological polar surface area (TPSA) is 87.1 Å². The molecular weight excluding hydrogens is 429 g/mol. The molecule has 0 spiro atoms. The first-order valence-electron chi connectivity index (χ1n) is 9.40. The smallest absolute Gasteiger partial charge is 0.295 e. The van der Waals surface area contributed by atoms with Gasteiger partial charge in [0.25, 0.3) is 11.7 Å². The average Bonchev–Trinajstić information content (AvgIpc) is 2.96. The fourth-order valence-corrected chi connectivity index (χ4v) is 4.10. The Bertz CT molecular complexity index is 1020. The standard InChI is InChI=1S/C22H21Cl2NO5/c1-3-4-9-25-18(12-5-7-14(26)8-6-12)17(20(28)22(25)29)19(27)15-10-13(23)11-16(24)21(15)30-2/h5-8,10-11,18,26-27H,3-4,9H2,1-2H3/b19-17+. The molecule has 2 aromatic carbocycles. The second kappa shape index (κ2) is 8.98. The van der Waals surface area contributed by atoms with Crippen LogP contribution in [0.2, 0.25) is 10.0 Å². The predicted octanol–water partition coefficient (Wildman–Crippen LogP) is 4.93. The number of benzene rings is 2. The monoisotopic (exact) mass is 449 g/mol. The maximum Gasteiger partial charge on any atom is 0.295 e. The van der Waals surface area contributed by atoms with Gasteiger partial charge in [-0.2, -0.15) is 0 Å². The van der Waals surface area contributed by atoms with E-state index in [4.69, 9.17) is 27.9 Å². The van der Waals surface area contributed by atoms with Crippen molar-refractivity contribution in [3.8, 4) is 11.5 Å². The van der Waals surface area contributed by atoms with E-state index in [-0.39, 0.29) is 32.7 Å². The number of ether oxygens (including phenoxy) is 1. The van der Waals surface area contributed by atoms with E-state index in [1.807, 2.05) is 6.92 Å². The van der Waals surface area contributed by atoms with Crippen molar-refractivity contribution in [2.75, 3.05) is 13.7 Å². The summed E-state index contributed by atoms with van der Waals surface area (Å²) in [6, 6.07) is 8.21. The molecule has 1 aliphatic rings. The number of amides is 1. The van der Waals surface area contributed by atoms with Crippen LogP contribution < -0.4 is 4.74 Å². The summed E-state index contributed by atoms with van der Waals surface area (Å²) in [6.07, 6.45) is 1.51. The van der Waals surface area contributed by atoms with Gasteiger partial charge in [-0.1, -0.05) is 48.7 Å². The van der Waals surface area contributed by atoms with E-state index in [2.05, 4.69) is 0 Å². The SMILES string of the molecule is CCCCN1C(=O)C(=O)/C(=C(/O)c2cc(Cl)cc(Cl)c2OC)C1c1ccc(O)cc1. The normalized spacial score (nSPS) is 18.1. The summed E-state index contributed by atoms with van der Waals surface area (Å²) in [7, 11) is 1.38. The van der Waals surface area contributed by atoms with E-state index in [1.165, 1.54) is 36.3 Å². The molecule has 158 valence electrons. The molecule has 0 aromatic heterocycles. The molecule has 1 heterocycles. The number of likely N-dealkylation sites (tertiary alicyclic amines) is 1. The Morgan fingerprint density at radius 1 is 1.17 bits per heavy atom. The highest BCUT2D eigenvalue weighted by Gasteiger charge is 2.46. The number of ketones is 1. The third kappa shape index (κ3) is 3.98. The van der Waals surface area contributed by atoms with Crippen LogP contribution in [-0.2, 0) is 9.59 Å². The average molecular weight is 450 g/mol. The second-order valence-electron chi connectivity index (χ2n) is 6.91. The quantitative estimate of drug-likeness (QED) is 0.370. The van der Waals surface area contributed by atoms with Gasteiger partial charge in [0.2, 0.25) is 0 Å². The highest BCUT2D eigenvalue weighted by Crippen LogP contribution is 2.43. The molecule has 1 fully saturated rings. The molecule has 0 bridgehead atoms. The molecule has 2 aromatic rings. The van der Waals surface area contributed by atoms with Gasteiger partial charge in [-0.15, -0.1) is 0 Å². The summed E-state index contributed by atoms with van der Waals surface area (Å²) in [5.41, 5.74) is 0.613. The van der Waals surface area contributed by atoms with Crippen LogP contribution in [0.25, 0.3) is 5.76 Å². The zero-order valence-corrected chi connectivity index (χ0v) is 18.0. The molecule has 1 unspecified atom stereocenters. The van der Waals surface area contributed by atoms with E-state index in [0.717, 1.165) is 6.42 Å². The van der Waals surface area contributed by atoms with Gasteiger partial charge in [0.05, 0.1) is 29.3 Å². The van der Waals surface area contributed by atoms with E-state index in [9.17, 15) is 19.8 Å². The second-order valence-corrected chi connectivity index (χ2v) is 7.75. The van der Waals surface area contributed by atoms with Crippen LogP contribution >= 0.6 is 23.2 Å². The van der Waals surface area contributed by atoms with Gasteiger partial charge in [0.1, 0.15) is 17.3 Å². The number of methoxy groups -OCH3 is 1. The van der Waals surface area contributed by atoms with Crippen molar-refractivity contribution in [3.05, 3.63) is 63.1 Å². The van der Waals surface area contributed by atoms with Crippen LogP contribution in [0.5, 0.6) is 11.5 Å². The number of hydrogen-bond acceptors (Lipinski definition) is 5. The number of nitrogens with zero attached hydrogens (tertiary/aromatic N) is 1. The summed E-state index contributed by atoms with van der Waals surface area (Å²) in [5.74, 6) is -1.74. The molecule has 3 rings (SSSR count). The number of aromatic hydroxyl groups is 1. The first kappa shape index (κ1) is 22.0. The van der Waals surface area contributed by atoms with Gasteiger partial charge in [-0.05, 0) is 36.2 Å². The van der Waals surface area contributed by atoms with Crippen molar-refractivity contribution in [1.82, 2.24) is 4.90 Å². The molecule has 6 nitrogen and oxygen atoms in total. The number of aliphatic hydroxyl groups is 1. The molecule has 0 aliphatic carbocycles. The molecule has 0 saturated carbocycles. The number of phenolic OH excluding ortho intramolecular Hbond substituents is 1. The molecule has 1 atom stereocenters. The van der Waals surface area contributed by atoms with Gasteiger partial charge in [0, 0.05) is 11.6 Å². The van der Waals surface area contributed by atoms with Crippen molar-refractivity contribution in [2.24, 2.45) is 0 Å². The first-order chi connectivity index (χ1) is 14.3. The number of hydrogen-bond donors (Lipinski definition) is 2. The van der Waals surface area contributed by atoms with Gasteiger partial charge in [0.15, 0.2) is 0 Å². The number of aliphatic hydroxyl groups excluding tert-OH is 1. The summed E-state index contributed by atoms with van der Waals surface area (Å²) < 4.78 is 5.29. The van der Waals surface area contributed by atoms with Crippen LogP contribution in [-0.4, -0.2) is 40.5 Å². The lowest BCUT2D eigenvalue weighted by molar-refractivity contribution is -0.139. The molecular formula is C22H21Cl2NO5. The minimum atomic E-state index is -0.820. The first-order valence-corrected chi connectivity index (χ1v) is 10.2.